The molecule has 0 spiro atoms. The number of nitrogens with zero attached hydrogens (tertiary/aromatic N) is 1. The molecule has 1 N–H and O–H groups in total. The summed E-state index contributed by atoms with van der Waals surface area (Å²) in [6.07, 6.45) is 0. The van der Waals surface area contributed by atoms with Crippen molar-refractivity contribution in [3.8, 4) is 27.9 Å². The summed E-state index contributed by atoms with van der Waals surface area (Å²) in [6.45, 7) is 6.95. The predicted octanol–water partition coefficient (Wildman–Crippen LogP) is 9.93. The highest BCUT2D eigenvalue weighted by Gasteiger charge is 2.39. The molecule has 8 aromatic rings. The minimum Gasteiger partial charge on any atom is -0.355 e. The van der Waals surface area contributed by atoms with Gasteiger partial charge in [0.25, 0.3) is 0 Å². The van der Waals surface area contributed by atoms with E-state index in [0.717, 1.165) is 5.69 Å². The molecular weight excluding hydrogens is 567 g/mol. The number of fused-ring (bicyclic) bond motifs is 10. The van der Waals surface area contributed by atoms with E-state index in [4.69, 9.17) is 0 Å². The van der Waals surface area contributed by atoms with Crippen LogP contribution in [0.1, 0.15) is 30.5 Å². The van der Waals surface area contributed by atoms with Gasteiger partial charge in [0.2, 0.25) is 0 Å². The van der Waals surface area contributed by atoms with Gasteiger partial charge in [-0.25, -0.2) is 0 Å². The molecule has 1 radical (unpaired) electrons. The summed E-state index contributed by atoms with van der Waals surface area (Å²) in [5.41, 5.74) is 17.5. The monoisotopic (exact) mass is 599 g/mol. The smallest absolute Gasteiger partial charge is 0.197 e. The predicted molar refractivity (Wildman–Crippen MR) is 201 cm³/mol. The highest BCUT2D eigenvalue weighted by Crippen LogP contribution is 2.54. The van der Waals surface area contributed by atoms with E-state index < -0.39 is 0 Å². The summed E-state index contributed by atoms with van der Waals surface area (Å²) < 4.78 is 2.53. The number of rotatable bonds is 3. The van der Waals surface area contributed by atoms with Gasteiger partial charge in [-0.3, -0.25) is 0 Å². The lowest BCUT2D eigenvalue weighted by molar-refractivity contribution is 0.662. The Labute approximate surface area is 275 Å². The van der Waals surface area contributed by atoms with Gasteiger partial charge in [0.05, 0.1) is 11.2 Å². The molecule has 0 saturated heterocycles. The number of para-hydroxylation sites is 3. The maximum Gasteiger partial charge on any atom is 0.197 e. The van der Waals surface area contributed by atoms with Gasteiger partial charge in [-0.15, -0.1) is 0 Å². The second kappa shape index (κ2) is 9.50. The molecule has 1 aromatic heterocycles. The van der Waals surface area contributed by atoms with Crippen molar-refractivity contribution in [2.75, 3.05) is 5.32 Å². The van der Waals surface area contributed by atoms with Crippen molar-refractivity contribution < 1.29 is 0 Å². The fraction of sp³-hybridized carbons (Fsp3) is 0.0909. The minimum atomic E-state index is -0.178. The molecule has 0 saturated carbocycles. The Bertz CT molecular complexity index is 2620. The second-order valence-electron chi connectivity index (χ2n) is 13.7. The third kappa shape index (κ3) is 3.57. The number of nitrogens with one attached hydrogen (secondary N) is 1. The first-order valence-corrected chi connectivity index (χ1v) is 16.5. The van der Waals surface area contributed by atoms with E-state index in [1.54, 1.807) is 0 Å². The van der Waals surface area contributed by atoms with E-state index in [0.29, 0.717) is 0 Å². The third-order valence-electron chi connectivity index (χ3n) is 10.7. The van der Waals surface area contributed by atoms with Crippen LogP contribution in [0.25, 0.3) is 60.5 Å². The minimum absolute atomic E-state index is 0.178. The van der Waals surface area contributed by atoms with Crippen molar-refractivity contribution in [2.24, 2.45) is 0 Å². The summed E-state index contributed by atoms with van der Waals surface area (Å²) in [5.74, 6) is 0. The number of anilines is 2. The fourth-order valence-corrected chi connectivity index (χ4v) is 8.58. The molecule has 0 atom stereocenters. The van der Waals surface area contributed by atoms with Crippen LogP contribution in [-0.2, 0) is 5.41 Å². The van der Waals surface area contributed by atoms with Gasteiger partial charge in [0.15, 0.2) is 7.28 Å². The first-order chi connectivity index (χ1) is 23.0. The van der Waals surface area contributed by atoms with Gasteiger partial charge in [-0.05, 0) is 69.4 Å². The van der Waals surface area contributed by atoms with E-state index in [2.05, 4.69) is 171 Å². The van der Waals surface area contributed by atoms with Crippen molar-refractivity contribution in [1.29, 1.82) is 0 Å². The number of hydrogen-bond acceptors (Lipinski definition) is 1. The molecule has 221 valence electrons. The molecule has 1 aliphatic heterocycles. The lowest BCUT2D eigenvalue weighted by atomic mass is 9.58. The van der Waals surface area contributed by atoms with Crippen LogP contribution in [0.2, 0.25) is 0 Å². The SMILES string of the molecule is Cc1ccccc1Nc1c(-c2cc3ccccc3c3c2[B]c2cccc4c5ccccc5n-3c24)ccc2c1C(C)(C)c1ccccc1-2. The molecule has 2 aliphatic rings. The zero-order chi connectivity index (χ0) is 31.4. The average molecular weight is 600 g/mol. The average Bonchev–Trinajstić information content (AvgIpc) is 3.56. The summed E-state index contributed by atoms with van der Waals surface area (Å²) in [4.78, 5) is 0. The van der Waals surface area contributed by atoms with Crippen LogP contribution in [0.5, 0.6) is 0 Å². The van der Waals surface area contributed by atoms with Crippen LogP contribution in [0.15, 0.2) is 133 Å². The lowest BCUT2D eigenvalue weighted by Crippen LogP contribution is -2.37. The Morgan fingerprint density at radius 3 is 2.23 bits per heavy atom. The summed E-state index contributed by atoms with van der Waals surface area (Å²) in [5, 5.41) is 9.12. The molecule has 2 heterocycles. The molecule has 1 aliphatic carbocycles. The second-order valence-corrected chi connectivity index (χ2v) is 13.7. The lowest BCUT2D eigenvalue weighted by Gasteiger charge is -2.29. The zero-order valence-corrected chi connectivity index (χ0v) is 26.7. The topological polar surface area (TPSA) is 17.0 Å². The molecule has 3 heteroatoms. The highest BCUT2D eigenvalue weighted by atomic mass is 15.0. The maximum atomic E-state index is 4.03. The van der Waals surface area contributed by atoms with Crippen LogP contribution in [0.4, 0.5) is 11.4 Å². The number of benzene rings is 7. The first kappa shape index (κ1) is 26.7. The molecule has 47 heavy (non-hydrogen) atoms. The van der Waals surface area contributed by atoms with E-state index in [-0.39, 0.29) is 5.41 Å². The Hall–Kier alpha value is -5.54. The van der Waals surface area contributed by atoms with E-state index in [1.165, 1.54) is 93.8 Å². The van der Waals surface area contributed by atoms with Crippen LogP contribution in [0, 0.1) is 6.92 Å². The molecular formula is C44H32BN2. The summed E-state index contributed by atoms with van der Waals surface area (Å²) in [7, 11) is 2.43. The Morgan fingerprint density at radius 2 is 1.34 bits per heavy atom. The first-order valence-electron chi connectivity index (χ1n) is 16.5. The number of aromatic nitrogens is 1. The Kier molecular flexibility index (Phi) is 5.39. The molecule has 7 aromatic carbocycles. The summed E-state index contributed by atoms with van der Waals surface area (Å²) >= 11 is 0. The highest BCUT2D eigenvalue weighted by molar-refractivity contribution is 6.74. The fourth-order valence-electron chi connectivity index (χ4n) is 8.58. The Morgan fingerprint density at radius 1 is 0.617 bits per heavy atom. The van der Waals surface area contributed by atoms with Crippen molar-refractivity contribution in [3.05, 3.63) is 150 Å². The van der Waals surface area contributed by atoms with Crippen molar-refractivity contribution >= 4 is 62.2 Å². The van der Waals surface area contributed by atoms with Crippen molar-refractivity contribution in [1.82, 2.24) is 4.57 Å². The van der Waals surface area contributed by atoms with E-state index in [9.17, 15) is 0 Å². The van der Waals surface area contributed by atoms with Crippen molar-refractivity contribution in [2.45, 2.75) is 26.2 Å². The van der Waals surface area contributed by atoms with Crippen LogP contribution in [0.3, 0.4) is 0 Å². The van der Waals surface area contributed by atoms with Crippen LogP contribution < -0.4 is 16.2 Å². The number of aryl methyl sites for hydroxylation is 1. The van der Waals surface area contributed by atoms with Crippen LogP contribution >= 0.6 is 0 Å². The van der Waals surface area contributed by atoms with E-state index in [1.807, 2.05) is 0 Å². The largest absolute Gasteiger partial charge is 0.355 e. The van der Waals surface area contributed by atoms with Gasteiger partial charge >= 0.3 is 0 Å². The zero-order valence-electron chi connectivity index (χ0n) is 26.7. The molecule has 0 amide bonds. The van der Waals surface area contributed by atoms with Crippen LogP contribution in [-0.4, -0.2) is 11.8 Å². The van der Waals surface area contributed by atoms with Gasteiger partial charge in [-0.2, -0.15) is 0 Å². The standard InChI is InChI=1S/C44H32BN2/c1-26-13-4-10-21-37(26)46-41-32(24-23-31-29-16-7-9-19-35(29)44(2,3)39(31)41)34-25-27-14-5-6-15-28(27)43-40(34)45-36-20-12-18-33-30-17-8-11-22-38(30)47(43)42(33)36/h4-25,46H,1-3H3. The third-order valence-corrected chi connectivity index (χ3v) is 10.7. The summed E-state index contributed by atoms with van der Waals surface area (Å²) in [6, 6.07) is 49.2. The van der Waals surface area contributed by atoms with Gasteiger partial charge < -0.3 is 9.88 Å². The molecule has 0 bridgehead atoms. The number of hydrogen-bond donors (Lipinski definition) is 1. The molecule has 0 fully saturated rings. The van der Waals surface area contributed by atoms with Gasteiger partial charge in [0.1, 0.15) is 0 Å². The molecule has 2 nitrogen and oxygen atoms in total. The van der Waals surface area contributed by atoms with Crippen molar-refractivity contribution in [3.63, 3.8) is 0 Å². The quantitative estimate of drug-likeness (QED) is 0.200. The van der Waals surface area contributed by atoms with Gasteiger partial charge in [0, 0.05) is 44.0 Å². The Balaban J connectivity index is 1.34. The van der Waals surface area contributed by atoms with Gasteiger partial charge in [-0.1, -0.05) is 135 Å². The molecule has 0 unspecified atom stereocenters. The normalized spacial score (nSPS) is 13.8. The molecule has 10 rings (SSSR count). The van der Waals surface area contributed by atoms with E-state index >= 15 is 0 Å². The maximum absolute atomic E-state index is 4.03.